The Morgan fingerprint density at radius 3 is 2.33 bits per heavy atom. The van der Waals surface area contributed by atoms with Crippen molar-refractivity contribution in [3.63, 3.8) is 0 Å². The van der Waals surface area contributed by atoms with E-state index in [-0.39, 0.29) is 6.04 Å². The first-order valence-corrected chi connectivity index (χ1v) is 6.93. The van der Waals surface area contributed by atoms with E-state index >= 15 is 0 Å². The molecule has 0 saturated carbocycles. The molecule has 2 N–H and O–H groups in total. The Kier molecular flexibility index (Phi) is 8.20. The van der Waals surface area contributed by atoms with Crippen LogP contribution in [0.4, 0.5) is 0 Å². The van der Waals surface area contributed by atoms with Crippen LogP contribution in [0, 0.1) is 5.92 Å². The molecule has 0 aromatic heterocycles. The maximum absolute atomic E-state index is 11.5. The molecule has 0 aromatic rings. The summed E-state index contributed by atoms with van der Waals surface area (Å²) in [6, 6.07) is 0.164. The number of ether oxygens (including phenoxy) is 1. The van der Waals surface area contributed by atoms with Crippen LogP contribution in [0.15, 0.2) is 0 Å². The minimum atomic E-state index is -0.810. The average Bonchev–Trinajstić information content (AvgIpc) is 2.25. The first-order valence-electron chi connectivity index (χ1n) is 6.93. The summed E-state index contributed by atoms with van der Waals surface area (Å²) in [6.07, 6.45) is 1.96. The maximum atomic E-state index is 11.5. The zero-order chi connectivity index (χ0) is 14.2. The average molecular weight is 259 g/mol. The monoisotopic (exact) mass is 259 g/mol. The molecule has 1 unspecified atom stereocenters. The van der Waals surface area contributed by atoms with Gasteiger partial charge >= 0.3 is 5.97 Å². The third-order valence-corrected chi connectivity index (χ3v) is 2.92. The van der Waals surface area contributed by atoms with Crippen molar-refractivity contribution in [2.75, 3.05) is 13.2 Å². The Labute approximate surface area is 111 Å². The van der Waals surface area contributed by atoms with Crippen molar-refractivity contribution >= 4 is 5.97 Å². The van der Waals surface area contributed by atoms with Gasteiger partial charge in [-0.25, -0.2) is 0 Å². The second kappa shape index (κ2) is 8.48. The maximum Gasteiger partial charge on any atom is 0.323 e. The molecule has 0 aliphatic carbocycles. The van der Waals surface area contributed by atoms with Gasteiger partial charge in [-0.3, -0.25) is 10.1 Å². The zero-order valence-corrected chi connectivity index (χ0v) is 12.5. The van der Waals surface area contributed by atoms with Crippen LogP contribution >= 0.6 is 0 Å². The van der Waals surface area contributed by atoms with Gasteiger partial charge in [0, 0.05) is 19.3 Å². The van der Waals surface area contributed by atoms with E-state index in [0.29, 0.717) is 25.4 Å². The number of carboxylic acids is 1. The lowest BCUT2D eigenvalue weighted by Crippen LogP contribution is -2.54. The van der Waals surface area contributed by atoms with Crippen LogP contribution in [-0.4, -0.2) is 35.9 Å². The van der Waals surface area contributed by atoms with Crippen LogP contribution in [0.2, 0.25) is 0 Å². The lowest BCUT2D eigenvalue weighted by atomic mass is 9.89. The summed E-state index contributed by atoms with van der Waals surface area (Å²) in [6.45, 7) is 11.4. The van der Waals surface area contributed by atoms with Crippen molar-refractivity contribution in [1.29, 1.82) is 0 Å². The second-order valence-corrected chi connectivity index (χ2v) is 5.61. The molecule has 108 valence electrons. The summed E-state index contributed by atoms with van der Waals surface area (Å²) in [5.41, 5.74) is -0.810. The van der Waals surface area contributed by atoms with Crippen molar-refractivity contribution in [2.45, 2.75) is 65.5 Å². The number of carbonyl (C=O) groups is 1. The molecule has 0 rings (SSSR count). The van der Waals surface area contributed by atoms with E-state index in [2.05, 4.69) is 19.2 Å². The highest BCUT2D eigenvalue weighted by molar-refractivity contribution is 5.78. The van der Waals surface area contributed by atoms with Crippen molar-refractivity contribution in [1.82, 2.24) is 5.32 Å². The molecule has 0 radical (unpaired) electrons. The fourth-order valence-corrected chi connectivity index (χ4v) is 2.02. The van der Waals surface area contributed by atoms with Crippen molar-refractivity contribution < 1.29 is 14.6 Å². The molecular formula is C14H29NO3. The summed E-state index contributed by atoms with van der Waals surface area (Å²) in [4.78, 5) is 11.5. The molecule has 0 saturated heterocycles. The Balaban J connectivity index is 4.21. The second-order valence-electron chi connectivity index (χ2n) is 5.61. The van der Waals surface area contributed by atoms with E-state index in [4.69, 9.17) is 4.74 Å². The molecule has 0 aromatic carbocycles. The van der Waals surface area contributed by atoms with E-state index in [9.17, 15) is 9.90 Å². The van der Waals surface area contributed by atoms with Gasteiger partial charge in [0.25, 0.3) is 0 Å². The molecule has 1 atom stereocenters. The molecule has 0 amide bonds. The molecule has 0 spiro atoms. The quantitative estimate of drug-likeness (QED) is 0.592. The summed E-state index contributed by atoms with van der Waals surface area (Å²) in [7, 11) is 0. The van der Waals surface area contributed by atoms with Gasteiger partial charge in [-0.05, 0) is 39.0 Å². The van der Waals surface area contributed by atoms with Crippen LogP contribution in [0.5, 0.6) is 0 Å². The molecule has 18 heavy (non-hydrogen) atoms. The third kappa shape index (κ3) is 6.36. The topological polar surface area (TPSA) is 58.6 Å². The first kappa shape index (κ1) is 17.4. The molecule has 0 fully saturated rings. The van der Waals surface area contributed by atoms with E-state index in [1.54, 1.807) is 0 Å². The highest BCUT2D eigenvalue weighted by Gasteiger charge is 2.36. The predicted octanol–water partition coefficient (Wildman–Crippen LogP) is 2.67. The van der Waals surface area contributed by atoms with E-state index in [1.807, 2.05) is 20.8 Å². The number of aliphatic carboxylic acids is 1. The Morgan fingerprint density at radius 2 is 1.94 bits per heavy atom. The number of rotatable bonds is 10. The van der Waals surface area contributed by atoms with Crippen LogP contribution in [0.25, 0.3) is 0 Å². The van der Waals surface area contributed by atoms with Crippen molar-refractivity contribution in [3.8, 4) is 0 Å². The Morgan fingerprint density at radius 1 is 1.33 bits per heavy atom. The van der Waals surface area contributed by atoms with Crippen molar-refractivity contribution in [2.24, 2.45) is 5.92 Å². The van der Waals surface area contributed by atoms with Gasteiger partial charge in [-0.1, -0.05) is 20.8 Å². The summed E-state index contributed by atoms with van der Waals surface area (Å²) in [5.74, 6) is -0.239. The minimum Gasteiger partial charge on any atom is -0.480 e. The SMILES string of the molecule is CCC(CCCOCC(C)C)(NC(C)C)C(=O)O. The normalized spacial score (nSPS) is 15.1. The first-order chi connectivity index (χ1) is 8.34. The van der Waals surface area contributed by atoms with Gasteiger partial charge in [0.05, 0.1) is 0 Å². The van der Waals surface area contributed by atoms with Crippen LogP contribution in [0.1, 0.15) is 53.9 Å². The summed E-state index contributed by atoms with van der Waals surface area (Å²) < 4.78 is 5.50. The largest absolute Gasteiger partial charge is 0.480 e. The number of carboxylic acid groups (broad SMARTS) is 1. The zero-order valence-electron chi connectivity index (χ0n) is 12.5. The molecule has 0 aliphatic heterocycles. The van der Waals surface area contributed by atoms with Gasteiger partial charge in [-0.2, -0.15) is 0 Å². The van der Waals surface area contributed by atoms with Crippen LogP contribution < -0.4 is 5.32 Å². The predicted molar refractivity (Wildman–Crippen MR) is 73.8 cm³/mol. The van der Waals surface area contributed by atoms with Gasteiger partial charge < -0.3 is 9.84 Å². The number of hydrogen-bond donors (Lipinski definition) is 2. The molecule has 4 heteroatoms. The highest BCUT2D eigenvalue weighted by atomic mass is 16.5. The lowest BCUT2D eigenvalue weighted by molar-refractivity contribution is -0.146. The molecule has 0 heterocycles. The van der Waals surface area contributed by atoms with Crippen molar-refractivity contribution in [3.05, 3.63) is 0 Å². The van der Waals surface area contributed by atoms with E-state index < -0.39 is 11.5 Å². The van der Waals surface area contributed by atoms with E-state index in [1.165, 1.54) is 0 Å². The smallest absolute Gasteiger partial charge is 0.323 e. The molecular weight excluding hydrogens is 230 g/mol. The Hall–Kier alpha value is -0.610. The fraction of sp³-hybridized carbons (Fsp3) is 0.929. The fourth-order valence-electron chi connectivity index (χ4n) is 2.02. The standard InChI is InChI=1S/C14H29NO3/c1-6-14(13(16)17,15-12(4)5)8-7-9-18-10-11(2)3/h11-12,15H,6-10H2,1-5H3,(H,16,17). The van der Waals surface area contributed by atoms with E-state index in [0.717, 1.165) is 13.0 Å². The van der Waals surface area contributed by atoms with Gasteiger partial charge in [0.15, 0.2) is 0 Å². The highest BCUT2D eigenvalue weighted by Crippen LogP contribution is 2.19. The van der Waals surface area contributed by atoms with Crippen LogP contribution in [0.3, 0.4) is 0 Å². The van der Waals surface area contributed by atoms with Gasteiger partial charge in [-0.15, -0.1) is 0 Å². The Bertz CT molecular complexity index is 241. The van der Waals surface area contributed by atoms with Gasteiger partial charge in [0.2, 0.25) is 0 Å². The number of nitrogens with one attached hydrogen (secondary N) is 1. The molecule has 4 nitrogen and oxygen atoms in total. The van der Waals surface area contributed by atoms with Crippen LogP contribution in [-0.2, 0) is 9.53 Å². The summed E-state index contributed by atoms with van der Waals surface area (Å²) >= 11 is 0. The number of hydrogen-bond acceptors (Lipinski definition) is 3. The third-order valence-electron chi connectivity index (χ3n) is 2.92. The molecule has 0 bridgehead atoms. The summed E-state index contributed by atoms with van der Waals surface area (Å²) in [5, 5.41) is 12.6. The lowest BCUT2D eigenvalue weighted by Gasteiger charge is -2.31. The molecule has 0 aliphatic rings. The minimum absolute atomic E-state index is 0.164. The van der Waals surface area contributed by atoms with Gasteiger partial charge in [0.1, 0.15) is 5.54 Å².